The maximum absolute atomic E-state index is 13.3. The van der Waals surface area contributed by atoms with Gasteiger partial charge < -0.3 is 15.4 Å². The van der Waals surface area contributed by atoms with Gasteiger partial charge in [-0.25, -0.2) is 0 Å². The lowest BCUT2D eigenvalue weighted by Crippen LogP contribution is -2.46. The maximum Gasteiger partial charge on any atom is 0.257 e. The summed E-state index contributed by atoms with van der Waals surface area (Å²) in [6.07, 6.45) is 2.87. The number of hydrogen-bond acceptors (Lipinski definition) is 3. The highest BCUT2D eigenvalue weighted by Gasteiger charge is 2.46. The summed E-state index contributed by atoms with van der Waals surface area (Å²) < 4.78 is 6.01. The van der Waals surface area contributed by atoms with E-state index in [1.54, 1.807) is 0 Å². The number of para-hydroxylation sites is 2. The number of piperidine rings is 1. The lowest BCUT2D eigenvalue weighted by Gasteiger charge is -2.42. The predicted octanol–water partition coefficient (Wildman–Crippen LogP) is 4.96. The molecule has 0 unspecified atom stereocenters. The standard InChI is InChI=1S/C26H26N2O2/c27-24-21-11-5-4-8-19(21)18-26(24)14-16-28(17-15-26)25(29)22-12-6-7-13-23(22)30-20-9-2-1-3-10-20/h1-13,24H,14-18,27H2/t24-/m1/s1. The lowest BCUT2D eigenvalue weighted by molar-refractivity contribution is 0.0539. The molecule has 152 valence electrons. The van der Waals surface area contributed by atoms with E-state index in [0.717, 1.165) is 38.1 Å². The van der Waals surface area contributed by atoms with Crippen LogP contribution < -0.4 is 10.5 Å². The van der Waals surface area contributed by atoms with E-state index in [-0.39, 0.29) is 17.4 Å². The zero-order chi connectivity index (χ0) is 20.6. The Balaban J connectivity index is 1.32. The average molecular weight is 399 g/mol. The van der Waals surface area contributed by atoms with Gasteiger partial charge in [0.05, 0.1) is 5.56 Å². The molecule has 1 fully saturated rings. The van der Waals surface area contributed by atoms with Crippen LogP contribution in [0.5, 0.6) is 11.5 Å². The molecule has 3 aromatic rings. The number of likely N-dealkylation sites (tertiary alicyclic amines) is 1. The van der Waals surface area contributed by atoms with E-state index in [1.807, 2.05) is 59.5 Å². The molecule has 0 aromatic heterocycles. The second-order valence-corrected chi connectivity index (χ2v) is 8.42. The molecule has 4 nitrogen and oxygen atoms in total. The SMILES string of the molecule is N[C@@H]1c2ccccc2CC12CCN(C(=O)c1ccccc1Oc1ccccc1)CC2. The van der Waals surface area contributed by atoms with E-state index in [2.05, 4.69) is 24.3 Å². The first-order valence-corrected chi connectivity index (χ1v) is 10.6. The van der Waals surface area contributed by atoms with Crippen LogP contribution in [0, 0.1) is 5.41 Å². The van der Waals surface area contributed by atoms with Gasteiger partial charge in [-0.3, -0.25) is 4.79 Å². The van der Waals surface area contributed by atoms with Crippen molar-refractivity contribution in [3.8, 4) is 11.5 Å². The van der Waals surface area contributed by atoms with Crippen molar-refractivity contribution in [2.24, 2.45) is 11.1 Å². The molecule has 30 heavy (non-hydrogen) atoms. The summed E-state index contributed by atoms with van der Waals surface area (Å²) in [6.45, 7) is 1.44. The molecule has 2 N–H and O–H groups in total. The van der Waals surface area contributed by atoms with Crippen LogP contribution in [0.2, 0.25) is 0 Å². The highest BCUT2D eigenvalue weighted by molar-refractivity contribution is 5.97. The van der Waals surface area contributed by atoms with Gasteiger partial charge in [-0.05, 0) is 60.1 Å². The Bertz CT molecular complexity index is 1060. The van der Waals surface area contributed by atoms with Crippen LogP contribution in [0.3, 0.4) is 0 Å². The van der Waals surface area contributed by atoms with Crippen LogP contribution in [-0.4, -0.2) is 23.9 Å². The first kappa shape index (κ1) is 18.9. The lowest BCUT2D eigenvalue weighted by atomic mass is 9.73. The third kappa shape index (κ3) is 3.27. The van der Waals surface area contributed by atoms with Crippen LogP contribution in [0.4, 0.5) is 0 Å². The fourth-order valence-corrected chi connectivity index (χ4v) is 4.98. The van der Waals surface area contributed by atoms with Gasteiger partial charge in [-0.15, -0.1) is 0 Å². The van der Waals surface area contributed by atoms with Crippen molar-refractivity contribution in [3.63, 3.8) is 0 Å². The van der Waals surface area contributed by atoms with Gasteiger partial charge >= 0.3 is 0 Å². The molecule has 0 radical (unpaired) electrons. The monoisotopic (exact) mass is 398 g/mol. The molecule has 1 aliphatic heterocycles. The first-order valence-electron chi connectivity index (χ1n) is 10.6. The van der Waals surface area contributed by atoms with Gasteiger partial charge in [-0.1, -0.05) is 54.6 Å². The van der Waals surface area contributed by atoms with Gasteiger partial charge in [0.25, 0.3) is 5.91 Å². The van der Waals surface area contributed by atoms with E-state index in [9.17, 15) is 4.79 Å². The number of hydrogen-bond donors (Lipinski definition) is 1. The Labute approximate surface area is 177 Å². The quantitative estimate of drug-likeness (QED) is 0.679. The van der Waals surface area contributed by atoms with Crippen molar-refractivity contribution in [3.05, 3.63) is 95.6 Å². The summed E-state index contributed by atoms with van der Waals surface area (Å²) >= 11 is 0. The number of carbonyl (C=O) groups excluding carboxylic acids is 1. The molecule has 1 saturated heterocycles. The smallest absolute Gasteiger partial charge is 0.257 e. The molecule has 1 atom stereocenters. The fourth-order valence-electron chi connectivity index (χ4n) is 4.98. The highest BCUT2D eigenvalue weighted by Crippen LogP contribution is 2.50. The maximum atomic E-state index is 13.3. The van der Waals surface area contributed by atoms with E-state index < -0.39 is 0 Å². The van der Waals surface area contributed by atoms with E-state index in [1.165, 1.54) is 11.1 Å². The van der Waals surface area contributed by atoms with Crippen molar-refractivity contribution < 1.29 is 9.53 Å². The Kier molecular flexibility index (Phi) is 4.80. The average Bonchev–Trinajstić information content (AvgIpc) is 3.06. The van der Waals surface area contributed by atoms with Crippen molar-refractivity contribution in [2.75, 3.05) is 13.1 Å². The van der Waals surface area contributed by atoms with Gasteiger partial charge in [0.1, 0.15) is 11.5 Å². The third-order valence-corrected chi connectivity index (χ3v) is 6.73. The van der Waals surface area contributed by atoms with Gasteiger partial charge in [0, 0.05) is 19.1 Å². The Morgan fingerprint density at radius 3 is 2.33 bits per heavy atom. The number of benzene rings is 3. The number of ether oxygens (including phenoxy) is 1. The van der Waals surface area contributed by atoms with Crippen LogP contribution in [0.1, 0.15) is 40.4 Å². The summed E-state index contributed by atoms with van der Waals surface area (Å²) in [5.74, 6) is 1.35. The molecular weight excluding hydrogens is 372 g/mol. The molecular formula is C26H26N2O2. The van der Waals surface area contributed by atoms with Crippen LogP contribution in [0.25, 0.3) is 0 Å². The second kappa shape index (κ2) is 7.62. The fraction of sp³-hybridized carbons (Fsp3) is 0.269. The topological polar surface area (TPSA) is 55.6 Å². The Morgan fingerprint density at radius 1 is 0.900 bits per heavy atom. The van der Waals surface area contributed by atoms with Gasteiger partial charge in [0.2, 0.25) is 0 Å². The minimum absolute atomic E-state index is 0.0282. The minimum atomic E-state index is 0.0282. The van der Waals surface area contributed by atoms with Crippen LogP contribution >= 0.6 is 0 Å². The summed E-state index contributed by atoms with van der Waals surface area (Å²) in [5.41, 5.74) is 10.00. The van der Waals surface area contributed by atoms with Gasteiger partial charge in [0.15, 0.2) is 0 Å². The van der Waals surface area contributed by atoms with E-state index in [4.69, 9.17) is 10.5 Å². The van der Waals surface area contributed by atoms with Crippen molar-refractivity contribution in [2.45, 2.75) is 25.3 Å². The van der Waals surface area contributed by atoms with Crippen molar-refractivity contribution >= 4 is 5.91 Å². The molecule has 2 aliphatic rings. The third-order valence-electron chi connectivity index (χ3n) is 6.73. The minimum Gasteiger partial charge on any atom is -0.457 e. The zero-order valence-electron chi connectivity index (χ0n) is 17.0. The number of rotatable bonds is 3. The summed E-state index contributed by atoms with van der Waals surface area (Å²) in [5, 5.41) is 0. The number of nitrogens with two attached hydrogens (primary N) is 1. The summed E-state index contributed by atoms with van der Waals surface area (Å²) in [7, 11) is 0. The molecule has 0 saturated carbocycles. The van der Waals surface area contributed by atoms with E-state index >= 15 is 0 Å². The van der Waals surface area contributed by atoms with Gasteiger partial charge in [-0.2, -0.15) is 0 Å². The van der Waals surface area contributed by atoms with Crippen LogP contribution in [0.15, 0.2) is 78.9 Å². The van der Waals surface area contributed by atoms with Crippen molar-refractivity contribution in [1.29, 1.82) is 0 Å². The largest absolute Gasteiger partial charge is 0.457 e. The number of nitrogens with zero attached hydrogens (tertiary/aromatic N) is 1. The van der Waals surface area contributed by atoms with Crippen LogP contribution in [-0.2, 0) is 6.42 Å². The Hall–Kier alpha value is -3.11. The second-order valence-electron chi connectivity index (χ2n) is 8.42. The highest BCUT2D eigenvalue weighted by atomic mass is 16.5. The molecule has 1 spiro atoms. The summed E-state index contributed by atoms with van der Waals surface area (Å²) in [4.78, 5) is 15.3. The normalized spacial score (nSPS) is 19.5. The zero-order valence-corrected chi connectivity index (χ0v) is 17.0. The van der Waals surface area contributed by atoms with E-state index in [0.29, 0.717) is 11.3 Å². The molecule has 4 heteroatoms. The number of carbonyl (C=O) groups is 1. The Morgan fingerprint density at radius 2 is 1.57 bits per heavy atom. The predicted molar refractivity (Wildman–Crippen MR) is 118 cm³/mol. The molecule has 1 amide bonds. The number of fused-ring (bicyclic) bond motifs is 1. The molecule has 1 heterocycles. The number of amides is 1. The molecule has 3 aromatic carbocycles. The molecule has 5 rings (SSSR count). The van der Waals surface area contributed by atoms with Crippen molar-refractivity contribution in [1.82, 2.24) is 4.90 Å². The molecule has 1 aliphatic carbocycles. The molecule has 0 bridgehead atoms. The summed E-state index contributed by atoms with van der Waals surface area (Å²) in [6, 6.07) is 25.6. The first-order chi connectivity index (χ1) is 14.7.